The molecule has 0 aliphatic rings. The number of hydrogen-bond acceptors (Lipinski definition) is 7. The van der Waals surface area contributed by atoms with Crippen molar-refractivity contribution in [1.82, 2.24) is 4.98 Å². The lowest BCUT2D eigenvalue weighted by atomic mass is 10.2. The number of nitro groups is 1. The largest absolute Gasteiger partial charge is 0.379 e. The number of rotatable bonds is 7. The number of aromatic nitrogens is 1. The lowest BCUT2D eigenvalue weighted by Crippen LogP contribution is -2.09. The summed E-state index contributed by atoms with van der Waals surface area (Å²) in [5, 5.41) is 17.2. The molecule has 0 spiro atoms. The van der Waals surface area contributed by atoms with Crippen molar-refractivity contribution in [3.8, 4) is 0 Å². The number of nitrogens with one attached hydrogen (secondary N) is 1. The van der Waals surface area contributed by atoms with Crippen molar-refractivity contribution in [3.05, 3.63) is 44.4 Å². The highest BCUT2D eigenvalue weighted by molar-refractivity contribution is 7.90. The van der Waals surface area contributed by atoms with Gasteiger partial charge in [0.15, 0.2) is 9.84 Å². The first kappa shape index (κ1) is 17.4. The highest BCUT2D eigenvalue weighted by Crippen LogP contribution is 2.31. The van der Waals surface area contributed by atoms with Gasteiger partial charge in [-0.3, -0.25) is 10.1 Å². The number of nitrogens with zero attached hydrogens (tertiary/aromatic N) is 2. The molecule has 1 aromatic carbocycles. The third kappa shape index (κ3) is 4.49. The van der Waals surface area contributed by atoms with Crippen LogP contribution in [0.2, 0.25) is 0 Å². The second-order valence-corrected chi connectivity index (χ2v) is 8.02. The third-order valence-corrected chi connectivity index (χ3v) is 5.29. The predicted octanol–water partition coefficient (Wildman–Crippen LogP) is 2.81. The van der Waals surface area contributed by atoms with Crippen molar-refractivity contribution in [2.24, 2.45) is 0 Å². The Balaban J connectivity index is 2.09. The van der Waals surface area contributed by atoms with Crippen LogP contribution in [0.3, 0.4) is 0 Å². The molecule has 9 heteroatoms. The SMILES string of the molecule is Cc1csc(CCCNc2cccc(S(C)(=O)=O)c2[N+](=O)[O-])n1. The molecule has 0 radical (unpaired) electrons. The molecule has 1 aromatic heterocycles. The average Bonchev–Trinajstić information content (AvgIpc) is 2.87. The number of thiazole rings is 1. The van der Waals surface area contributed by atoms with Crippen molar-refractivity contribution in [3.63, 3.8) is 0 Å². The smallest absolute Gasteiger partial charge is 0.310 e. The van der Waals surface area contributed by atoms with E-state index in [0.29, 0.717) is 6.54 Å². The van der Waals surface area contributed by atoms with E-state index in [1.807, 2.05) is 12.3 Å². The summed E-state index contributed by atoms with van der Waals surface area (Å²) < 4.78 is 23.4. The van der Waals surface area contributed by atoms with E-state index in [9.17, 15) is 18.5 Å². The molecule has 0 fully saturated rings. The predicted molar refractivity (Wildman–Crippen MR) is 89.9 cm³/mol. The van der Waals surface area contributed by atoms with Crippen LogP contribution < -0.4 is 5.32 Å². The van der Waals surface area contributed by atoms with Crippen LogP contribution in [0, 0.1) is 17.0 Å². The zero-order valence-electron chi connectivity index (χ0n) is 12.8. The fourth-order valence-electron chi connectivity index (χ4n) is 2.13. The summed E-state index contributed by atoms with van der Waals surface area (Å²) in [5.74, 6) is 0. The lowest BCUT2D eigenvalue weighted by molar-refractivity contribution is -0.386. The average molecular weight is 355 g/mol. The fraction of sp³-hybridized carbons (Fsp3) is 0.357. The van der Waals surface area contributed by atoms with Gasteiger partial charge in [-0.25, -0.2) is 13.4 Å². The van der Waals surface area contributed by atoms with E-state index < -0.39 is 20.4 Å². The van der Waals surface area contributed by atoms with Gasteiger partial charge in [0, 0.05) is 30.3 Å². The van der Waals surface area contributed by atoms with E-state index in [4.69, 9.17) is 0 Å². The molecule has 0 unspecified atom stereocenters. The Morgan fingerprint density at radius 1 is 1.39 bits per heavy atom. The summed E-state index contributed by atoms with van der Waals surface area (Å²) in [5.41, 5.74) is 0.794. The van der Waals surface area contributed by atoms with Gasteiger partial charge in [0.1, 0.15) is 10.6 Å². The van der Waals surface area contributed by atoms with Crippen LogP contribution in [0.5, 0.6) is 0 Å². The van der Waals surface area contributed by atoms with Crippen molar-refractivity contribution in [2.45, 2.75) is 24.7 Å². The molecular weight excluding hydrogens is 338 g/mol. The lowest BCUT2D eigenvalue weighted by Gasteiger charge is -2.09. The van der Waals surface area contributed by atoms with E-state index in [1.54, 1.807) is 11.3 Å². The van der Waals surface area contributed by atoms with Crippen LogP contribution in [0.4, 0.5) is 11.4 Å². The minimum atomic E-state index is -3.66. The molecule has 0 atom stereocenters. The molecular formula is C14H17N3O4S2. The van der Waals surface area contributed by atoms with E-state index in [0.717, 1.165) is 29.8 Å². The molecule has 0 saturated carbocycles. The maximum atomic E-state index is 11.7. The minimum absolute atomic E-state index is 0.216. The topological polar surface area (TPSA) is 102 Å². The monoisotopic (exact) mass is 355 g/mol. The van der Waals surface area contributed by atoms with Gasteiger partial charge in [0.25, 0.3) is 0 Å². The minimum Gasteiger partial charge on any atom is -0.379 e. The van der Waals surface area contributed by atoms with E-state index >= 15 is 0 Å². The molecule has 0 aliphatic carbocycles. The second-order valence-electron chi connectivity index (χ2n) is 5.09. The Kier molecular flexibility index (Phi) is 5.32. The van der Waals surface area contributed by atoms with Gasteiger partial charge >= 0.3 is 5.69 Å². The van der Waals surface area contributed by atoms with Crippen LogP contribution in [0.25, 0.3) is 0 Å². The van der Waals surface area contributed by atoms with Gasteiger partial charge in [0.2, 0.25) is 0 Å². The molecule has 2 aromatic rings. The number of para-hydroxylation sites is 1. The molecule has 0 aliphatic heterocycles. The zero-order chi connectivity index (χ0) is 17.0. The van der Waals surface area contributed by atoms with Gasteiger partial charge in [-0.15, -0.1) is 11.3 Å². The third-order valence-electron chi connectivity index (χ3n) is 3.13. The standard InChI is InChI=1S/C14H17N3O4S2/c1-10-9-22-13(16-10)7-4-8-15-11-5-3-6-12(23(2,20)21)14(11)17(18)19/h3,5-6,9,15H,4,7-8H2,1-2H3. The molecule has 2 rings (SSSR count). The first-order valence-corrected chi connectivity index (χ1v) is 9.68. The van der Waals surface area contributed by atoms with Crippen molar-refractivity contribution < 1.29 is 13.3 Å². The van der Waals surface area contributed by atoms with Gasteiger partial charge in [0.05, 0.1) is 9.93 Å². The van der Waals surface area contributed by atoms with Crippen LogP contribution in [0.1, 0.15) is 17.1 Å². The normalized spacial score (nSPS) is 11.4. The first-order valence-electron chi connectivity index (χ1n) is 6.91. The number of nitro benzene ring substituents is 1. The molecule has 7 nitrogen and oxygen atoms in total. The number of anilines is 1. The summed E-state index contributed by atoms with van der Waals surface area (Å²) in [6, 6.07) is 4.26. The second kappa shape index (κ2) is 7.05. The van der Waals surface area contributed by atoms with Gasteiger partial charge in [-0.05, 0) is 25.5 Å². The maximum absolute atomic E-state index is 11.7. The summed E-state index contributed by atoms with van der Waals surface area (Å²) in [6.07, 6.45) is 2.47. The molecule has 23 heavy (non-hydrogen) atoms. The van der Waals surface area contributed by atoms with E-state index in [-0.39, 0.29) is 10.6 Å². The number of aryl methyl sites for hydroxylation is 2. The Bertz CT molecular complexity index is 815. The zero-order valence-corrected chi connectivity index (χ0v) is 14.4. The van der Waals surface area contributed by atoms with Gasteiger partial charge in [-0.1, -0.05) is 6.07 Å². The highest BCUT2D eigenvalue weighted by atomic mass is 32.2. The molecule has 0 bridgehead atoms. The number of benzene rings is 1. The maximum Gasteiger partial charge on any atom is 0.310 e. The van der Waals surface area contributed by atoms with E-state index in [1.165, 1.54) is 18.2 Å². The number of hydrogen-bond donors (Lipinski definition) is 1. The Morgan fingerprint density at radius 3 is 2.70 bits per heavy atom. The molecule has 0 amide bonds. The van der Waals surface area contributed by atoms with Crippen LogP contribution in [-0.2, 0) is 16.3 Å². The van der Waals surface area contributed by atoms with Crippen molar-refractivity contribution in [2.75, 3.05) is 18.1 Å². The Hall–Kier alpha value is -2.00. The van der Waals surface area contributed by atoms with Gasteiger partial charge in [-0.2, -0.15) is 0 Å². The Morgan fingerprint density at radius 2 is 2.13 bits per heavy atom. The molecule has 0 saturated heterocycles. The van der Waals surface area contributed by atoms with Crippen molar-refractivity contribution >= 4 is 32.5 Å². The van der Waals surface area contributed by atoms with Crippen LogP contribution in [-0.4, -0.2) is 31.1 Å². The fourth-order valence-corrected chi connectivity index (χ4v) is 3.81. The van der Waals surface area contributed by atoms with Crippen LogP contribution in [0.15, 0.2) is 28.5 Å². The van der Waals surface area contributed by atoms with Crippen molar-refractivity contribution in [1.29, 1.82) is 0 Å². The summed E-state index contributed by atoms with van der Waals surface area (Å²) >= 11 is 1.58. The summed E-state index contributed by atoms with van der Waals surface area (Å²) in [4.78, 5) is 14.7. The van der Waals surface area contributed by atoms with E-state index in [2.05, 4.69) is 10.3 Å². The summed E-state index contributed by atoms with van der Waals surface area (Å²) in [6.45, 7) is 2.42. The number of sulfone groups is 1. The highest BCUT2D eigenvalue weighted by Gasteiger charge is 2.25. The summed E-state index contributed by atoms with van der Waals surface area (Å²) in [7, 11) is -3.66. The first-order chi connectivity index (χ1) is 10.8. The molecule has 1 heterocycles. The molecule has 1 N–H and O–H groups in total. The molecule has 124 valence electrons. The Labute approximate surface area is 138 Å². The quantitative estimate of drug-likeness (QED) is 0.465. The van der Waals surface area contributed by atoms with Crippen LogP contribution >= 0.6 is 11.3 Å². The van der Waals surface area contributed by atoms with Gasteiger partial charge < -0.3 is 5.32 Å².